The van der Waals surface area contributed by atoms with Crippen molar-refractivity contribution >= 4 is 5.91 Å². The van der Waals surface area contributed by atoms with Crippen LogP contribution in [0.15, 0.2) is 0 Å². The van der Waals surface area contributed by atoms with Crippen LogP contribution in [0.3, 0.4) is 0 Å². The van der Waals surface area contributed by atoms with Crippen LogP contribution in [0, 0.1) is 10.8 Å². The Balaban J connectivity index is 2.28. The van der Waals surface area contributed by atoms with Gasteiger partial charge >= 0.3 is 0 Å². The van der Waals surface area contributed by atoms with Gasteiger partial charge in [0.15, 0.2) is 0 Å². The van der Waals surface area contributed by atoms with Crippen LogP contribution in [0.25, 0.3) is 0 Å². The molecule has 0 spiro atoms. The molecule has 0 unspecified atom stereocenters. The second-order valence-electron chi connectivity index (χ2n) is 8.15. The maximum Gasteiger partial charge on any atom is 0.225 e. The zero-order chi connectivity index (χ0) is 14.7. The summed E-state index contributed by atoms with van der Waals surface area (Å²) in [4.78, 5) is 14.5. The lowest BCUT2D eigenvalue weighted by Crippen LogP contribution is -2.48. The van der Waals surface area contributed by atoms with Gasteiger partial charge in [-0.3, -0.25) is 4.79 Å². The van der Waals surface area contributed by atoms with Gasteiger partial charge in [-0.15, -0.1) is 0 Å². The molecule has 3 heteroatoms. The summed E-state index contributed by atoms with van der Waals surface area (Å²) >= 11 is 0. The minimum atomic E-state index is -0.274. The van der Waals surface area contributed by atoms with E-state index in [0.29, 0.717) is 11.5 Å². The average molecular weight is 268 g/mol. The van der Waals surface area contributed by atoms with Gasteiger partial charge in [0.25, 0.3) is 0 Å². The highest BCUT2D eigenvalue weighted by Gasteiger charge is 2.26. The maximum absolute atomic E-state index is 11.9. The van der Waals surface area contributed by atoms with E-state index in [-0.39, 0.29) is 11.3 Å². The molecule has 1 rings (SSSR count). The van der Waals surface area contributed by atoms with Crippen LogP contribution in [-0.4, -0.2) is 36.5 Å². The van der Waals surface area contributed by atoms with Crippen LogP contribution in [0.4, 0.5) is 0 Å². The van der Waals surface area contributed by atoms with E-state index in [9.17, 15) is 4.79 Å². The number of carbonyl (C=O) groups excluding carboxylic acids is 1. The van der Waals surface area contributed by atoms with E-state index in [4.69, 9.17) is 0 Å². The number of rotatable bonds is 3. The van der Waals surface area contributed by atoms with Gasteiger partial charge in [0.05, 0.1) is 0 Å². The van der Waals surface area contributed by atoms with E-state index >= 15 is 0 Å². The lowest BCUT2D eigenvalue weighted by Gasteiger charge is -2.35. The molecule has 0 aromatic rings. The van der Waals surface area contributed by atoms with Gasteiger partial charge in [0, 0.05) is 24.5 Å². The first kappa shape index (κ1) is 16.5. The third kappa shape index (κ3) is 6.42. The zero-order valence-corrected chi connectivity index (χ0v) is 13.7. The van der Waals surface area contributed by atoms with Crippen LogP contribution in [0.1, 0.15) is 60.8 Å². The van der Waals surface area contributed by atoms with Gasteiger partial charge in [-0.1, -0.05) is 41.5 Å². The van der Waals surface area contributed by atoms with Gasteiger partial charge in [0.2, 0.25) is 5.91 Å². The summed E-state index contributed by atoms with van der Waals surface area (Å²) < 4.78 is 0. The quantitative estimate of drug-likeness (QED) is 0.853. The van der Waals surface area contributed by atoms with E-state index in [0.717, 1.165) is 25.9 Å². The number of amides is 1. The SMILES string of the molecule is CC(C)(C)CCN1CCC(NC(=O)C(C)(C)C)CC1. The smallest absolute Gasteiger partial charge is 0.225 e. The van der Waals surface area contributed by atoms with Crippen molar-refractivity contribution in [2.75, 3.05) is 19.6 Å². The maximum atomic E-state index is 11.9. The Morgan fingerprint density at radius 2 is 1.63 bits per heavy atom. The number of hydrogen-bond donors (Lipinski definition) is 1. The first-order valence-electron chi connectivity index (χ1n) is 7.61. The van der Waals surface area contributed by atoms with Crippen molar-refractivity contribution in [2.24, 2.45) is 10.8 Å². The predicted molar refractivity (Wildman–Crippen MR) is 81.1 cm³/mol. The molecule has 1 N–H and O–H groups in total. The van der Waals surface area contributed by atoms with Gasteiger partial charge in [0.1, 0.15) is 0 Å². The predicted octanol–water partition coefficient (Wildman–Crippen LogP) is 3.05. The summed E-state index contributed by atoms with van der Waals surface area (Å²) in [6.07, 6.45) is 3.42. The molecule has 0 radical (unpaired) electrons. The highest BCUT2D eigenvalue weighted by atomic mass is 16.2. The van der Waals surface area contributed by atoms with Gasteiger partial charge in [-0.2, -0.15) is 0 Å². The van der Waals surface area contributed by atoms with Crippen molar-refractivity contribution < 1.29 is 4.79 Å². The van der Waals surface area contributed by atoms with E-state index in [2.05, 4.69) is 31.0 Å². The summed E-state index contributed by atoms with van der Waals surface area (Å²) in [5, 5.41) is 3.19. The van der Waals surface area contributed by atoms with Gasteiger partial charge in [-0.25, -0.2) is 0 Å². The Morgan fingerprint density at radius 3 is 2.05 bits per heavy atom. The van der Waals surface area contributed by atoms with Crippen LogP contribution < -0.4 is 5.32 Å². The van der Waals surface area contributed by atoms with Crippen molar-refractivity contribution in [3.8, 4) is 0 Å². The van der Waals surface area contributed by atoms with E-state index in [1.807, 2.05) is 20.8 Å². The minimum Gasteiger partial charge on any atom is -0.353 e. The molecular formula is C16H32N2O. The highest BCUT2D eigenvalue weighted by Crippen LogP contribution is 2.21. The molecule has 112 valence electrons. The molecule has 0 aromatic carbocycles. The molecule has 0 atom stereocenters. The van der Waals surface area contributed by atoms with E-state index < -0.39 is 0 Å². The second kappa shape index (κ2) is 6.25. The minimum absolute atomic E-state index is 0.181. The Labute approximate surface area is 119 Å². The zero-order valence-electron chi connectivity index (χ0n) is 13.7. The molecule has 1 fully saturated rings. The van der Waals surface area contributed by atoms with Gasteiger partial charge in [-0.05, 0) is 31.2 Å². The second-order valence-corrected chi connectivity index (χ2v) is 8.15. The fourth-order valence-electron chi connectivity index (χ4n) is 2.20. The Kier molecular flexibility index (Phi) is 5.43. The fourth-order valence-corrected chi connectivity index (χ4v) is 2.20. The molecule has 1 aliphatic heterocycles. The van der Waals surface area contributed by atoms with E-state index in [1.54, 1.807) is 0 Å². The Hall–Kier alpha value is -0.570. The average Bonchev–Trinajstić information content (AvgIpc) is 2.26. The Bertz CT molecular complexity index is 291. The monoisotopic (exact) mass is 268 g/mol. The topological polar surface area (TPSA) is 32.3 Å². The molecule has 1 amide bonds. The molecular weight excluding hydrogens is 236 g/mol. The first-order valence-corrected chi connectivity index (χ1v) is 7.61. The number of piperidine rings is 1. The molecule has 1 heterocycles. The standard InChI is InChI=1S/C16H32N2O/c1-15(2,3)9-12-18-10-7-13(8-11-18)17-14(19)16(4,5)6/h13H,7-12H2,1-6H3,(H,17,19). The molecule has 0 aliphatic carbocycles. The Morgan fingerprint density at radius 1 is 1.11 bits per heavy atom. The number of likely N-dealkylation sites (tertiary alicyclic amines) is 1. The van der Waals surface area contributed by atoms with Crippen molar-refractivity contribution in [3.63, 3.8) is 0 Å². The lowest BCUT2D eigenvalue weighted by atomic mass is 9.91. The van der Waals surface area contributed by atoms with Crippen molar-refractivity contribution in [2.45, 2.75) is 66.8 Å². The molecule has 19 heavy (non-hydrogen) atoms. The molecule has 0 bridgehead atoms. The number of nitrogens with one attached hydrogen (secondary N) is 1. The summed E-state index contributed by atoms with van der Waals surface area (Å²) in [5.41, 5.74) is 0.140. The first-order chi connectivity index (χ1) is 8.58. The molecule has 0 saturated carbocycles. The van der Waals surface area contributed by atoms with Crippen LogP contribution in [-0.2, 0) is 4.79 Å². The van der Waals surface area contributed by atoms with Crippen molar-refractivity contribution in [1.29, 1.82) is 0 Å². The summed E-state index contributed by atoms with van der Waals surface area (Å²) in [5.74, 6) is 0.181. The van der Waals surface area contributed by atoms with E-state index in [1.165, 1.54) is 13.0 Å². The third-order valence-corrected chi connectivity index (χ3v) is 3.78. The molecule has 1 aliphatic rings. The lowest BCUT2D eigenvalue weighted by molar-refractivity contribution is -0.129. The normalized spacial score (nSPS) is 19.5. The van der Waals surface area contributed by atoms with Gasteiger partial charge < -0.3 is 10.2 Å². The van der Waals surface area contributed by atoms with Crippen LogP contribution in [0.2, 0.25) is 0 Å². The number of carbonyl (C=O) groups is 1. The van der Waals surface area contributed by atoms with Crippen molar-refractivity contribution in [3.05, 3.63) is 0 Å². The molecule has 1 saturated heterocycles. The van der Waals surface area contributed by atoms with Crippen molar-refractivity contribution in [1.82, 2.24) is 10.2 Å². The number of nitrogens with zero attached hydrogens (tertiary/aromatic N) is 1. The number of hydrogen-bond acceptors (Lipinski definition) is 2. The summed E-state index contributed by atoms with van der Waals surface area (Å²) in [6, 6.07) is 0.373. The molecule has 3 nitrogen and oxygen atoms in total. The fraction of sp³-hybridized carbons (Fsp3) is 0.938. The summed E-state index contributed by atoms with van der Waals surface area (Å²) in [7, 11) is 0. The van der Waals surface area contributed by atoms with Crippen LogP contribution >= 0.6 is 0 Å². The van der Waals surface area contributed by atoms with Crippen LogP contribution in [0.5, 0.6) is 0 Å². The largest absolute Gasteiger partial charge is 0.353 e. The third-order valence-electron chi connectivity index (χ3n) is 3.78. The summed E-state index contributed by atoms with van der Waals surface area (Å²) in [6.45, 7) is 16.2. The molecule has 0 aromatic heterocycles. The highest BCUT2D eigenvalue weighted by molar-refractivity contribution is 5.81.